The Balaban J connectivity index is 0.000000406. The van der Waals surface area contributed by atoms with Gasteiger partial charge in [-0.25, -0.2) is 24.1 Å². The number of benzene rings is 1. The highest BCUT2D eigenvalue weighted by molar-refractivity contribution is 5.90. The number of carbonyl (C=O) groups is 2. The van der Waals surface area contributed by atoms with E-state index >= 15 is 0 Å². The van der Waals surface area contributed by atoms with E-state index in [1.54, 1.807) is 29.5 Å². The lowest BCUT2D eigenvalue weighted by atomic mass is 10.3. The van der Waals surface area contributed by atoms with Crippen molar-refractivity contribution in [3.63, 3.8) is 0 Å². The molecule has 0 radical (unpaired) electrons. The lowest BCUT2D eigenvalue weighted by Gasteiger charge is -2.07. The zero-order valence-corrected chi connectivity index (χ0v) is 17.3. The second-order valence-electron chi connectivity index (χ2n) is 6.46. The molecule has 1 aromatic carbocycles. The minimum Gasteiger partial charge on any atom is -0.475 e. The van der Waals surface area contributed by atoms with Crippen molar-refractivity contribution >= 4 is 23.5 Å². The fraction of sp³-hybridized carbons (Fsp3) is 0.105. The summed E-state index contributed by atoms with van der Waals surface area (Å²) in [7, 11) is 0. The number of hydrogen-bond donors (Lipinski definition) is 3. The maximum atomic E-state index is 11.2. The smallest absolute Gasteiger partial charge is 0.475 e. The molecular weight excluding hydrogens is 459 g/mol. The van der Waals surface area contributed by atoms with Crippen molar-refractivity contribution in [3.05, 3.63) is 66.6 Å². The number of aromatic nitrogens is 7. The molecule has 15 heteroatoms. The number of rotatable bonds is 5. The topological polar surface area (TPSA) is 167 Å². The zero-order chi connectivity index (χ0) is 24.9. The number of anilines is 2. The van der Waals surface area contributed by atoms with Gasteiger partial charge in [0.1, 0.15) is 17.8 Å². The van der Waals surface area contributed by atoms with Crippen LogP contribution in [0.3, 0.4) is 0 Å². The van der Waals surface area contributed by atoms with Gasteiger partial charge >= 0.3 is 12.1 Å². The molecule has 3 heterocycles. The van der Waals surface area contributed by atoms with Crippen LogP contribution in [0.15, 0.2) is 55.1 Å². The third-order valence-corrected chi connectivity index (χ3v) is 3.95. The molecule has 0 aliphatic rings. The molecule has 4 aromatic rings. The van der Waals surface area contributed by atoms with Gasteiger partial charge in [-0.05, 0) is 37.3 Å². The molecule has 176 valence electrons. The lowest BCUT2D eigenvalue weighted by molar-refractivity contribution is -0.192. The van der Waals surface area contributed by atoms with Crippen molar-refractivity contribution in [2.45, 2.75) is 13.1 Å². The highest BCUT2D eigenvalue weighted by Crippen LogP contribution is 2.17. The SMILES string of the molecule is Cc1ncn(-c2ccc(Nc3nccc(-n4ccc(C(N)=O)n4)n3)cc2)n1.O=C(O)C(F)(F)F. The summed E-state index contributed by atoms with van der Waals surface area (Å²) >= 11 is 0. The van der Waals surface area contributed by atoms with Gasteiger partial charge in [-0.2, -0.15) is 28.4 Å². The minimum atomic E-state index is -5.08. The number of carboxylic acid groups (broad SMARTS) is 1. The van der Waals surface area contributed by atoms with E-state index in [0.717, 1.165) is 11.4 Å². The fourth-order valence-electron chi connectivity index (χ4n) is 2.42. The van der Waals surface area contributed by atoms with Crippen LogP contribution in [0.2, 0.25) is 0 Å². The summed E-state index contributed by atoms with van der Waals surface area (Å²) < 4.78 is 34.9. The Kier molecular flexibility index (Phi) is 6.84. The largest absolute Gasteiger partial charge is 0.490 e. The number of nitrogens with two attached hydrogens (primary N) is 1. The molecule has 0 aliphatic carbocycles. The van der Waals surface area contributed by atoms with Gasteiger partial charge in [-0.15, -0.1) is 0 Å². The van der Waals surface area contributed by atoms with Crippen LogP contribution in [-0.2, 0) is 4.79 Å². The van der Waals surface area contributed by atoms with Gasteiger partial charge in [0, 0.05) is 24.1 Å². The predicted molar refractivity (Wildman–Crippen MR) is 111 cm³/mol. The average molecular weight is 475 g/mol. The van der Waals surface area contributed by atoms with E-state index in [0.29, 0.717) is 17.6 Å². The first kappa shape index (κ1) is 23.8. The Labute approximate surface area is 188 Å². The van der Waals surface area contributed by atoms with Crippen LogP contribution in [0, 0.1) is 6.92 Å². The van der Waals surface area contributed by atoms with Gasteiger partial charge in [-0.3, -0.25) is 4.79 Å². The Bertz CT molecular complexity index is 1300. The maximum Gasteiger partial charge on any atom is 0.490 e. The minimum absolute atomic E-state index is 0.169. The van der Waals surface area contributed by atoms with Gasteiger partial charge in [0.15, 0.2) is 5.82 Å². The van der Waals surface area contributed by atoms with E-state index in [-0.39, 0.29) is 5.69 Å². The van der Waals surface area contributed by atoms with Crippen molar-refractivity contribution in [1.29, 1.82) is 0 Å². The second kappa shape index (κ2) is 9.76. The molecule has 4 rings (SSSR count). The van der Waals surface area contributed by atoms with Gasteiger partial charge < -0.3 is 16.2 Å². The van der Waals surface area contributed by atoms with E-state index in [1.807, 2.05) is 31.2 Å². The fourth-order valence-corrected chi connectivity index (χ4v) is 2.42. The highest BCUT2D eigenvalue weighted by atomic mass is 19.4. The summed E-state index contributed by atoms with van der Waals surface area (Å²) in [5.41, 5.74) is 7.10. The Morgan fingerprint density at radius 2 is 1.71 bits per heavy atom. The number of halogens is 3. The quantitative estimate of drug-likeness (QED) is 0.391. The number of carboxylic acids is 1. The Hall–Kier alpha value is -4.82. The number of hydrogen-bond acceptors (Lipinski definition) is 8. The highest BCUT2D eigenvalue weighted by Gasteiger charge is 2.38. The number of carbonyl (C=O) groups excluding carboxylic acids is 1. The number of aliphatic carboxylic acids is 1. The number of aryl methyl sites for hydroxylation is 1. The molecule has 0 unspecified atom stereocenters. The number of alkyl halides is 3. The molecule has 0 aliphatic heterocycles. The van der Waals surface area contributed by atoms with Crippen LogP contribution >= 0.6 is 0 Å². The number of amides is 1. The van der Waals surface area contributed by atoms with Crippen molar-refractivity contribution in [1.82, 2.24) is 34.5 Å². The molecule has 3 aromatic heterocycles. The standard InChI is InChI=1S/C17H15N9O.C2HF3O2/c1-11-20-10-26(23-11)13-4-2-12(3-5-13)21-17-19-8-6-15(22-17)25-9-7-14(24-25)16(18)27;3-2(4,5)1(6)7/h2-10H,1H3,(H2,18,27)(H,19,21,22);(H,6,7). The molecule has 34 heavy (non-hydrogen) atoms. The molecule has 12 nitrogen and oxygen atoms in total. The second-order valence-corrected chi connectivity index (χ2v) is 6.46. The maximum absolute atomic E-state index is 11.2. The Morgan fingerprint density at radius 1 is 1.03 bits per heavy atom. The first-order valence-electron chi connectivity index (χ1n) is 9.27. The van der Waals surface area contributed by atoms with E-state index in [4.69, 9.17) is 15.6 Å². The van der Waals surface area contributed by atoms with E-state index < -0.39 is 18.1 Å². The third kappa shape index (κ3) is 6.12. The molecule has 0 bridgehead atoms. The molecular formula is C19H16F3N9O3. The first-order chi connectivity index (χ1) is 16.0. The third-order valence-electron chi connectivity index (χ3n) is 3.95. The van der Waals surface area contributed by atoms with E-state index in [2.05, 4.69) is 30.5 Å². The van der Waals surface area contributed by atoms with Crippen LogP contribution in [0.5, 0.6) is 0 Å². The van der Waals surface area contributed by atoms with Crippen molar-refractivity contribution < 1.29 is 27.9 Å². The van der Waals surface area contributed by atoms with Crippen LogP contribution in [0.4, 0.5) is 24.8 Å². The summed E-state index contributed by atoms with van der Waals surface area (Å²) in [6, 6.07) is 10.8. The zero-order valence-electron chi connectivity index (χ0n) is 17.3. The predicted octanol–water partition coefficient (Wildman–Crippen LogP) is 2.03. The monoisotopic (exact) mass is 475 g/mol. The van der Waals surface area contributed by atoms with Gasteiger partial charge in [0.2, 0.25) is 5.95 Å². The summed E-state index contributed by atoms with van der Waals surface area (Å²) in [5, 5.41) is 18.6. The number of primary amides is 1. The van der Waals surface area contributed by atoms with Gasteiger partial charge in [-0.1, -0.05) is 0 Å². The number of nitrogens with zero attached hydrogens (tertiary/aromatic N) is 7. The summed E-state index contributed by atoms with van der Waals surface area (Å²) in [5.74, 6) is -1.74. The van der Waals surface area contributed by atoms with Crippen molar-refractivity contribution in [2.75, 3.05) is 5.32 Å². The van der Waals surface area contributed by atoms with Crippen LogP contribution in [0.1, 0.15) is 16.3 Å². The molecule has 0 fully saturated rings. The molecule has 0 saturated heterocycles. The van der Waals surface area contributed by atoms with E-state index in [9.17, 15) is 18.0 Å². The van der Waals surface area contributed by atoms with Crippen LogP contribution < -0.4 is 11.1 Å². The van der Waals surface area contributed by atoms with Crippen molar-refractivity contribution in [3.8, 4) is 11.5 Å². The summed E-state index contributed by atoms with van der Waals surface area (Å²) in [4.78, 5) is 32.8. The molecule has 4 N–H and O–H groups in total. The average Bonchev–Trinajstić information content (AvgIpc) is 3.44. The Morgan fingerprint density at radius 3 is 2.24 bits per heavy atom. The van der Waals surface area contributed by atoms with Crippen LogP contribution in [-0.4, -0.2) is 57.7 Å². The lowest BCUT2D eigenvalue weighted by Crippen LogP contribution is -2.21. The van der Waals surface area contributed by atoms with Crippen LogP contribution in [0.25, 0.3) is 11.5 Å². The number of nitrogens with one attached hydrogen (secondary N) is 1. The molecule has 1 amide bonds. The summed E-state index contributed by atoms with van der Waals surface area (Å²) in [6.45, 7) is 1.84. The normalized spacial score (nSPS) is 10.8. The first-order valence-corrected chi connectivity index (χ1v) is 9.27. The molecule has 0 spiro atoms. The summed E-state index contributed by atoms with van der Waals surface area (Å²) in [6.07, 6.45) is -0.210. The van der Waals surface area contributed by atoms with Crippen molar-refractivity contribution in [2.24, 2.45) is 5.73 Å². The molecule has 0 atom stereocenters. The van der Waals surface area contributed by atoms with E-state index in [1.165, 1.54) is 10.7 Å². The molecule has 0 saturated carbocycles. The van der Waals surface area contributed by atoms with Gasteiger partial charge in [0.05, 0.1) is 5.69 Å². The van der Waals surface area contributed by atoms with Gasteiger partial charge in [0.25, 0.3) is 5.91 Å².